The van der Waals surface area contributed by atoms with Crippen molar-refractivity contribution in [2.45, 2.75) is 37.0 Å². The van der Waals surface area contributed by atoms with Crippen LogP contribution in [0.15, 0.2) is 0 Å². The lowest BCUT2D eigenvalue weighted by Gasteiger charge is -2.21. The van der Waals surface area contributed by atoms with Gasteiger partial charge in [-0.2, -0.15) is 0 Å². The minimum atomic E-state index is -2.85. The first-order chi connectivity index (χ1) is 6.15. The smallest absolute Gasteiger partial charge is 0.154 e. The van der Waals surface area contributed by atoms with Gasteiger partial charge in [-0.3, -0.25) is 11.3 Å². The summed E-state index contributed by atoms with van der Waals surface area (Å²) in [5.41, 5.74) is 2.68. The number of hydrogen-bond donors (Lipinski definition) is 2. The minimum Gasteiger partial charge on any atom is -0.271 e. The van der Waals surface area contributed by atoms with E-state index in [0.717, 1.165) is 25.7 Å². The van der Waals surface area contributed by atoms with E-state index in [1.807, 2.05) is 0 Å². The van der Waals surface area contributed by atoms with Crippen molar-refractivity contribution in [3.63, 3.8) is 0 Å². The Morgan fingerprint density at radius 3 is 2.38 bits per heavy atom. The fourth-order valence-electron chi connectivity index (χ4n) is 2.22. The maximum atomic E-state index is 11.6. The second kappa shape index (κ2) is 3.22. The predicted molar refractivity (Wildman–Crippen MR) is 50.6 cm³/mol. The maximum Gasteiger partial charge on any atom is 0.154 e. The first-order valence-electron chi connectivity index (χ1n) is 4.83. The molecule has 2 aliphatic rings. The molecule has 1 heterocycles. The highest BCUT2D eigenvalue weighted by Crippen LogP contribution is 2.38. The molecule has 1 saturated heterocycles. The van der Waals surface area contributed by atoms with E-state index in [9.17, 15) is 8.42 Å². The molecule has 4 nitrogen and oxygen atoms in total. The third-order valence-electron chi connectivity index (χ3n) is 3.10. The number of nitrogens with two attached hydrogens (primary N) is 1. The zero-order chi connectivity index (χ0) is 9.47. The third kappa shape index (κ3) is 1.73. The molecule has 0 aromatic heterocycles. The summed E-state index contributed by atoms with van der Waals surface area (Å²) < 4.78 is 23.2. The van der Waals surface area contributed by atoms with Gasteiger partial charge in [0, 0.05) is 6.04 Å². The number of rotatable bonds is 3. The Balaban J connectivity index is 2.13. The molecule has 76 valence electrons. The topological polar surface area (TPSA) is 72.2 Å². The normalized spacial score (nSPS) is 34.7. The molecule has 2 fully saturated rings. The average Bonchev–Trinajstić information content (AvgIpc) is 2.81. The van der Waals surface area contributed by atoms with Crippen LogP contribution in [-0.2, 0) is 9.84 Å². The molecule has 2 unspecified atom stereocenters. The summed E-state index contributed by atoms with van der Waals surface area (Å²) in [5, 5.41) is -0.218. The number of nitrogens with one attached hydrogen (secondary N) is 1. The van der Waals surface area contributed by atoms with E-state index < -0.39 is 9.84 Å². The van der Waals surface area contributed by atoms with E-state index in [1.54, 1.807) is 0 Å². The van der Waals surface area contributed by atoms with Gasteiger partial charge in [-0.1, -0.05) is 0 Å². The molecule has 0 bridgehead atoms. The molecule has 2 rings (SSSR count). The van der Waals surface area contributed by atoms with Crippen molar-refractivity contribution in [1.29, 1.82) is 0 Å². The Hall–Kier alpha value is -0.130. The molecule has 5 heteroatoms. The second-order valence-electron chi connectivity index (χ2n) is 4.08. The summed E-state index contributed by atoms with van der Waals surface area (Å²) in [5.74, 6) is 6.25. The number of sulfone groups is 1. The summed E-state index contributed by atoms with van der Waals surface area (Å²) in [4.78, 5) is 0. The monoisotopic (exact) mass is 204 g/mol. The highest BCUT2D eigenvalue weighted by Gasteiger charge is 2.44. The van der Waals surface area contributed by atoms with Crippen LogP contribution in [0.2, 0.25) is 0 Å². The van der Waals surface area contributed by atoms with Gasteiger partial charge in [-0.25, -0.2) is 8.42 Å². The van der Waals surface area contributed by atoms with Crippen molar-refractivity contribution in [1.82, 2.24) is 5.43 Å². The van der Waals surface area contributed by atoms with Crippen LogP contribution in [0.5, 0.6) is 0 Å². The quantitative estimate of drug-likeness (QED) is 0.493. The van der Waals surface area contributed by atoms with Crippen molar-refractivity contribution in [2.24, 2.45) is 11.8 Å². The van der Waals surface area contributed by atoms with E-state index in [-0.39, 0.29) is 11.3 Å². The van der Waals surface area contributed by atoms with Crippen LogP contribution in [-0.4, -0.2) is 25.5 Å². The van der Waals surface area contributed by atoms with E-state index in [0.29, 0.717) is 11.7 Å². The summed E-state index contributed by atoms with van der Waals surface area (Å²) in [6.07, 6.45) is 3.84. The van der Waals surface area contributed by atoms with Crippen molar-refractivity contribution >= 4 is 9.84 Å². The molecule has 0 aromatic rings. The Morgan fingerprint density at radius 1 is 1.31 bits per heavy atom. The van der Waals surface area contributed by atoms with E-state index >= 15 is 0 Å². The molecule has 2 atom stereocenters. The lowest BCUT2D eigenvalue weighted by atomic mass is 10.1. The van der Waals surface area contributed by atoms with Crippen LogP contribution >= 0.6 is 0 Å². The molecular weight excluding hydrogens is 188 g/mol. The molecule has 1 saturated carbocycles. The van der Waals surface area contributed by atoms with Gasteiger partial charge in [0.15, 0.2) is 9.84 Å². The maximum absolute atomic E-state index is 11.6. The largest absolute Gasteiger partial charge is 0.271 e. The van der Waals surface area contributed by atoms with Crippen molar-refractivity contribution < 1.29 is 8.42 Å². The fraction of sp³-hybridized carbons (Fsp3) is 1.00. The third-order valence-corrected chi connectivity index (χ3v) is 5.41. The van der Waals surface area contributed by atoms with Gasteiger partial charge in [-0.15, -0.1) is 0 Å². The van der Waals surface area contributed by atoms with E-state index in [1.165, 1.54) is 0 Å². The first-order valence-corrected chi connectivity index (χ1v) is 6.54. The fourth-order valence-corrected chi connectivity index (χ4v) is 4.37. The van der Waals surface area contributed by atoms with Gasteiger partial charge in [0.05, 0.1) is 11.0 Å². The minimum absolute atomic E-state index is 0.00694. The Labute approximate surface area is 78.8 Å². The van der Waals surface area contributed by atoms with Crippen LogP contribution in [0.1, 0.15) is 25.7 Å². The summed E-state index contributed by atoms with van der Waals surface area (Å²) in [6.45, 7) is 0. The highest BCUT2D eigenvalue weighted by atomic mass is 32.2. The highest BCUT2D eigenvalue weighted by molar-refractivity contribution is 7.92. The lowest BCUT2D eigenvalue weighted by Crippen LogP contribution is -2.47. The summed E-state index contributed by atoms with van der Waals surface area (Å²) in [7, 11) is -2.85. The molecular formula is C8H16N2O2S. The van der Waals surface area contributed by atoms with Gasteiger partial charge >= 0.3 is 0 Å². The average molecular weight is 204 g/mol. The van der Waals surface area contributed by atoms with Gasteiger partial charge in [-0.05, 0) is 31.6 Å². The van der Waals surface area contributed by atoms with Crippen LogP contribution in [0, 0.1) is 5.92 Å². The van der Waals surface area contributed by atoms with Crippen LogP contribution < -0.4 is 11.3 Å². The zero-order valence-electron chi connectivity index (χ0n) is 7.57. The van der Waals surface area contributed by atoms with Crippen molar-refractivity contribution in [3.8, 4) is 0 Å². The number of hydrazine groups is 1. The lowest BCUT2D eigenvalue weighted by molar-refractivity contribution is 0.438. The standard InChI is InChI=1S/C8H16N2O2S/c9-10-8(6-3-4-6)7-2-1-5-13(7,11)12/h6-8,10H,1-5,9H2. The van der Waals surface area contributed by atoms with Gasteiger partial charge < -0.3 is 0 Å². The first kappa shape index (κ1) is 9.43. The van der Waals surface area contributed by atoms with Crippen LogP contribution in [0.25, 0.3) is 0 Å². The molecule has 0 amide bonds. The van der Waals surface area contributed by atoms with Crippen molar-refractivity contribution in [2.75, 3.05) is 5.75 Å². The van der Waals surface area contributed by atoms with Gasteiger partial charge in [0.25, 0.3) is 0 Å². The molecule has 0 aromatic carbocycles. The molecule has 13 heavy (non-hydrogen) atoms. The van der Waals surface area contributed by atoms with Gasteiger partial charge in [0.1, 0.15) is 0 Å². The zero-order valence-corrected chi connectivity index (χ0v) is 8.39. The number of hydrogen-bond acceptors (Lipinski definition) is 4. The molecule has 1 aliphatic heterocycles. The Morgan fingerprint density at radius 2 is 2.00 bits per heavy atom. The Kier molecular flexibility index (Phi) is 2.33. The van der Waals surface area contributed by atoms with Crippen LogP contribution in [0.4, 0.5) is 0 Å². The SMILES string of the molecule is NNC(C1CC1)C1CCCS1(=O)=O. The van der Waals surface area contributed by atoms with Gasteiger partial charge in [0.2, 0.25) is 0 Å². The predicted octanol–water partition coefficient (Wildman–Crippen LogP) is -0.195. The van der Waals surface area contributed by atoms with Crippen LogP contribution in [0.3, 0.4) is 0 Å². The molecule has 0 radical (unpaired) electrons. The summed E-state index contributed by atoms with van der Waals surface area (Å²) >= 11 is 0. The molecule has 0 spiro atoms. The molecule has 3 N–H and O–H groups in total. The van der Waals surface area contributed by atoms with Crippen molar-refractivity contribution in [3.05, 3.63) is 0 Å². The summed E-state index contributed by atoms with van der Waals surface area (Å²) in [6, 6.07) is 0.00694. The second-order valence-corrected chi connectivity index (χ2v) is 6.42. The Bertz CT molecular complexity index is 285. The van der Waals surface area contributed by atoms with E-state index in [4.69, 9.17) is 5.84 Å². The molecule has 1 aliphatic carbocycles. The van der Waals surface area contributed by atoms with E-state index in [2.05, 4.69) is 5.43 Å².